The van der Waals surface area contributed by atoms with Crippen molar-refractivity contribution < 1.29 is 64.8 Å². The Morgan fingerprint density at radius 2 is 1.61 bits per heavy atom. The largest absolute Gasteiger partial charge is 0.481 e. The van der Waals surface area contributed by atoms with Gasteiger partial charge in [0, 0.05) is 13.1 Å². The summed E-state index contributed by atoms with van der Waals surface area (Å²) in [6.07, 6.45) is -5.90. The van der Waals surface area contributed by atoms with Crippen LogP contribution in [0.1, 0.15) is 35.5 Å². The second kappa shape index (κ2) is 20.7. The summed E-state index contributed by atoms with van der Waals surface area (Å²) < 4.78 is 93.6. The number of fused-ring (bicyclic) bond motifs is 1. The van der Waals surface area contributed by atoms with Gasteiger partial charge in [-0.2, -0.15) is 36.1 Å². The lowest BCUT2D eigenvalue weighted by atomic mass is 10.2. The number of benzene rings is 2. The van der Waals surface area contributed by atoms with Crippen LogP contribution in [0.2, 0.25) is 15.1 Å². The molecule has 5 N–H and O–H groups in total. The Kier molecular flexibility index (Phi) is 17.1. The van der Waals surface area contributed by atoms with Crippen molar-refractivity contribution in [2.24, 2.45) is 7.05 Å². The highest BCUT2D eigenvalue weighted by Crippen LogP contribution is 2.35. The van der Waals surface area contributed by atoms with E-state index >= 15 is 0 Å². The Labute approximate surface area is 363 Å². The summed E-state index contributed by atoms with van der Waals surface area (Å²) in [5.41, 5.74) is -3.30. The third-order valence-corrected chi connectivity index (χ3v) is 10.3. The Morgan fingerprint density at radius 1 is 0.984 bits per heavy atom. The van der Waals surface area contributed by atoms with Crippen LogP contribution in [-0.4, -0.2) is 97.1 Å². The van der Waals surface area contributed by atoms with E-state index in [2.05, 4.69) is 25.1 Å². The first-order valence-corrected chi connectivity index (χ1v) is 21.2. The number of sulfonamides is 1. The van der Waals surface area contributed by atoms with Crippen LogP contribution in [0.25, 0.3) is 11.5 Å². The first kappa shape index (κ1) is 51.1. The normalized spacial score (nSPS) is 11.6. The summed E-state index contributed by atoms with van der Waals surface area (Å²) in [5.74, 6) is -1.55. The molecular weight excluding hydrogens is 943 g/mol. The minimum Gasteiger partial charge on any atom is -0.481 e. The van der Waals surface area contributed by atoms with Gasteiger partial charge in [0.15, 0.2) is 0 Å². The number of esters is 1. The quantitative estimate of drug-likeness (QED) is 0.0868. The molecule has 0 aliphatic heterocycles. The third kappa shape index (κ3) is 13.4. The Morgan fingerprint density at radius 3 is 2.16 bits per heavy atom. The van der Waals surface area contributed by atoms with Gasteiger partial charge in [-0.3, -0.25) is 28.8 Å². The number of aliphatic carboxylic acids is 1. The van der Waals surface area contributed by atoms with Crippen LogP contribution < -0.4 is 30.8 Å². The number of nitrogens with zero attached hydrogens (tertiary/aromatic N) is 6. The van der Waals surface area contributed by atoms with Crippen molar-refractivity contribution in [3.05, 3.63) is 95.2 Å². The monoisotopic (exact) mass is 976 g/mol. The molecule has 62 heavy (non-hydrogen) atoms. The number of aromatic nitrogens is 6. The molecule has 0 saturated heterocycles. The molecular formula is C33H35Cl3F3N8O13PS. The number of anilines is 1. The van der Waals surface area contributed by atoms with E-state index < -0.39 is 76.8 Å². The Bertz CT molecular complexity index is 2760. The van der Waals surface area contributed by atoms with Gasteiger partial charge in [0.05, 0.1) is 71.2 Å². The first-order chi connectivity index (χ1) is 28.6. The fourth-order valence-electron chi connectivity index (χ4n) is 4.63. The molecule has 21 nitrogen and oxygen atoms in total. The third-order valence-electron chi connectivity index (χ3n) is 7.39. The molecule has 5 aromatic rings. The summed E-state index contributed by atoms with van der Waals surface area (Å²) in [5, 5.41) is 13.8. The van der Waals surface area contributed by atoms with Crippen LogP contribution in [-0.2, 0) is 37.3 Å². The molecule has 2 aromatic carbocycles. The molecule has 5 rings (SSSR count). The van der Waals surface area contributed by atoms with E-state index in [0.29, 0.717) is 20.8 Å². The highest BCUT2D eigenvalue weighted by Gasteiger charge is 2.35. The highest BCUT2D eigenvalue weighted by molar-refractivity contribution is 7.92. The zero-order chi connectivity index (χ0) is 47.1. The maximum Gasteiger partial charge on any atom is 0.431 e. The zero-order valence-electron chi connectivity index (χ0n) is 32.8. The first-order valence-electron chi connectivity index (χ1n) is 16.8. The number of ether oxygens (including phenoxy) is 3. The van der Waals surface area contributed by atoms with Crippen molar-refractivity contribution in [1.82, 2.24) is 34.0 Å². The second-order valence-electron chi connectivity index (χ2n) is 12.4. The Balaban J connectivity index is 0.000000272. The van der Waals surface area contributed by atoms with Gasteiger partial charge in [-0.1, -0.05) is 40.9 Å². The predicted octanol–water partition coefficient (Wildman–Crippen LogP) is 4.13. The van der Waals surface area contributed by atoms with Gasteiger partial charge < -0.3 is 29.1 Å². The van der Waals surface area contributed by atoms with Gasteiger partial charge >= 0.3 is 31.4 Å². The van der Waals surface area contributed by atoms with Gasteiger partial charge in [-0.15, -0.1) is 5.10 Å². The van der Waals surface area contributed by atoms with Crippen molar-refractivity contribution >= 4 is 75.8 Å². The number of methoxy groups -OCH3 is 2. The lowest BCUT2D eigenvalue weighted by Crippen LogP contribution is -2.40. The SMILES string of the molecule is CC(C)OC(=O)c1cc(-n2c(=O)cc(C(F)(F)F)n(C)c2=O)ccc1Cl.COc1cc(OC)n2nc(S(=O)(=O)Nc3c(Cl)ccc(C)c3Cl)nc2n1.O=C(O)CNCP(=O)(O)O. The molecule has 0 bridgehead atoms. The van der Waals surface area contributed by atoms with Crippen molar-refractivity contribution in [2.45, 2.75) is 38.2 Å². The summed E-state index contributed by atoms with van der Waals surface area (Å²) in [7, 11) is -4.57. The fraction of sp³-hybridized carbons (Fsp3) is 0.303. The van der Waals surface area contributed by atoms with Crippen LogP contribution in [0.15, 0.2) is 57.2 Å². The molecule has 0 spiro atoms. The molecule has 0 atom stereocenters. The van der Waals surface area contributed by atoms with E-state index in [-0.39, 0.29) is 49.5 Å². The van der Waals surface area contributed by atoms with Gasteiger partial charge in [0.1, 0.15) is 5.69 Å². The van der Waals surface area contributed by atoms with E-state index in [1.54, 1.807) is 26.8 Å². The maximum atomic E-state index is 12.9. The number of carboxylic acid groups (broad SMARTS) is 1. The summed E-state index contributed by atoms with van der Waals surface area (Å²) >= 11 is 18.1. The predicted molar refractivity (Wildman–Crippen MR) is 216 cm³/mol. The van der Waals surface area contributed by atoms with E-state index in [9.17, 15) is 45.3 Å². The van der Waals surface area contributed by atoms with Crippen molar-refractivity contribution in [2.75, 3.05) is 31.8 Å². The van der Waals surface area contributed by atoms with E-state index in [1.807, 2.05) is 0 Å². The summed E-state index contributed by atoms with van der Waals surface area (Å²) in [4.78, 5) is 70.5. The molecule has 0 aliphatic rings. The number of alkyl halides is 3. The van der Waals surface area contributed by atoms with Crippen LogP contribution in [0.3, 0.4) is 0 Å². The lowest BCUT2D eigenvalue weighted by molar-refractivity contribution is -0.144. The van der Waals surface area contributed by atoms with E-state index in [0.717, 1.165) is 17.6 Å². The van der Waals surface area contributed by atoms with Gasteiger partial charge in [0.25, 0.3) is 26.5 Å². The van der Waals surface area contributed by atoms with Gasteiger partial charge in [0.2, 0.25) is 11.8 Å². The lowest BCUT2D eigenvalue weighted by Gasteiger charge is -2.15. The maximum absolute atomic E-state index is 12.9. The smallest absolute Gasteiger partial charge is 0.431 e. The average molecular weight is 978 g/mol. The molecule has 0 amide bonds. The summed E-state index contributed by atoms with van der Waals surface area (Å²) in [6.45, 7) is 4.52. The minimum atomic E-state index is -4.86. The number of hydrogen-bond donors (Lipinski definition) is 5. The second-order valence-corrected chi connectivity index (χ2v) is 16.8. The number of carbonyl (C=O) groups is 2. The number of carboxylic acids is 1. The highest BCUT2D eigenvalue weighted by atomic mass is 35.5. The topological polar surface area (TPSA) is 285 Å². The molecule has 0 aliphatic carbocycles. The van der Waals surface area contributed by atoms with Crippen LogP contribution in [0, 0.1) is 6.92 Å². The molecule has 3 heterocycles. The van der Waals surface area contributed by atoms with Crippen LogP contribution >= 0.6 is 42.4 Å². The number of aryl methyl sites for hydroxylation is 1. The average Bonchev–Trinajstić information content (AvgIpc) is 3.61. The van der Waals surface area contributed by atoms with Crippen molar-refractivity contribution in [3.8, 4) is 17.4 Å². The molecule has 3 aromatic heterocycles. The van der Waals surface area contributed by atoms with Crippen LogP contribution in [0.5, 0.6) is 11.8 Å². The molecule has 0 radical (unpaired) electrons. The number of halogens is 6. The minimum absolute atomic E-state index is 0.0104. The number of hydrogen-bond acceptors (Lipinski definition) is 14. The van der Waals surface area contributed by atoms with Gasteiger partial charge in [-0.25, -0.2) is 14.2 Å². The van der Waals surface area contributed by atoms with Crippen LogP contribution in [0.4, 0.5) is 18.9 Å². The van der Waals surface area contributed by atoms with E-state index in [1.165, 1.54) is 38.5 Å². The molecule has 338 valence electrons. The molecule has 0 fully saturated rings. The molecule has 0 unspecified atom stereocenters. The standard InChI is InChI=1S/C16H14ClF3N2O4.C14H13Cl2N5O4S.C3H8NO5P/c1-8(2)26-14(24)10-6-9(4-5-11(10)17)22-13(23)7-12(16(18,19)20)21(3)15(22)25;1-7-4-5-8(15)12(11(7)16)20-26(22,23)14-18-13-17-9(24-2)6-10(25-3)21(13)19-14;5-3(6)1-4-2-10(7,8)9/h4-8H,1-3H3;4-6,20H,1-3H3;4H,1-2H2,(H,5,6)(H2,7,8,9). The fourth-order valence-corrected chi connectivity index (χ4v) is 6.77. The molecule has 0 saturated carbocycles. The molecule has 29 heteroatoms. The zero-order valence-corrected chi connectivity index (χ0v) is 36.7. The van der Waals surface area contributed by atoms with Crippen molar-refractivity contribution in [1.29, 1.82) is 0 Å². The summed E-state index contributed by atoms with van der Waals surface area (Å²) in [6, 6.07) is 8.56. The van der Waals surface area contributed by atoms with Crippen molar-refractivity contribution in [3.63, 3.8) is 0 Å². The van der Waals surface area contributed by atoms with Gasteiger partial charge in [-0.05, 0) is 50.6 Å². The number of carbonyl (C=O) groups excluding carboxylic acids is 1. The number of nitrogens with one attached hydrogen (secondary N) is 2. The Hall–Kier alpha value is -5.27. The number of rotatable bonds is 12. The van der Waals surface area contributed by atoms with E-state index in [4.69, 9.17) is 63.9 Å².